The average Bonchev–Trinajstić information content (AvgIpc) is 2.61. The summed E-state index contributed by atoms with van der Waals surface area (Å²) in [5, 5.41) is 0. The minimum Gasteiger partial charge on any atom is -0.463 e. The highest BCUT2D eigenvalue weighted by Crippen LogP contribution is 2.29. The normalized spacial score (nSPS) is 11.4. The van der Waals surface area contributed by atoms with Crippen molar-refractivity contribution in [3.63, 3.8) is 0 Å². The van der Waals surface area contributed by atoms with Gasteiger partial charge in [-0.1, -0.05) is 12.1 Å². The van der Waals surface area contributed by atoms with Crippen LogP contribution in [0.2, 0.25) is 0 Å². The Morgan fingerprint density at radius 3 is 2.15 bits per heavy atom. The summed E-state index contributed by atoms with van der Waals surface area (Å²) in [7, 11) is 0. The number of carbonyl (C=O) groups excluding carboxylic acids is 2. The summed E-state index contributed by atoms with van der Waals surface area (Å²) >= 11 is 0. The summed E-state index contributed by atoms with van der Waals surface area (Å²) in [6.45, 7) is 1.98. The Kier molecular flexibility index (Phi) is 6.16. The predicted molar refractivity (Wildman–Crippen MR) is 88.5 cm³/mol. The predicted octanol–water partition coefficient (Wildman–Crippen LogP) is 4.50. The smallest absolute Gasteiger partial charge is 0.416 e. The Morgan fingerprint density at radius 1 is 1.00 bits per heavy atom. The first kappa shape index (κ1) is 19.2. The summed E-state index contributed by atoms with van der Waals surface area (Å²) in [5.74, 6) is -1.01. The Bertz CT molecular complexity index is 791. The van der Waals surface area contributed by atoms with Gasteiger partial charge in [0.25, 0.3) is 0 Å². The van der Waals surface area contributed by atoms with Crippen LogP contribution in [-0.4, -0.2) is 18.5 Å². The standard InChI is InChI=1S/C19H15F3O4/c1-2-25-17(23)12-5-13-3-10-16(11-4-13)26-18(24)14-6-8-15(9-7-14)19(20,21)22/h3-12H,2H2,1H3. The fraction of sp³-hybridized carbons (Fsp3) is 0.158. The van der Waals surface area contributed by atoms with E-state index >= 15 is 0 Å². The lowest BCUT2D eigenvalue weighted by atomic mass is 10.1. The molecule has 0 heterocycles. The first-order valence-electron chi connectivity index (χ1n) is 7.64. The zero-order valence-corrected chi connectivity index (χ0v) is 13.7. The first-order valence-corrected chi connectivity index (χ1v) is 7.64. The summed E-state index contributed by atoms with van der Waals surface area (Å²) in [6, 6.07) is 10.00. The van der Waals surface area contributed by atoms with Crippen molar-refractivity contribution in [2.24, 2.45) is 0 Å². The van der Waals surface area contributed by atoms with E-state index < -0.39 is 23.7 Å². The van der Waals surface area contributed by atoms with E-state index in [1.165, 1.54) is 18.2 Å². The molecule has 0 aliphatic heterocycles. The number of esters is 2. The molecule has 136 valence electrons. The number of ether oxygens (including phenoxy) is 2. The summed E-state index contributed by atoms with van der Waals surface area (Å²) in [4.78, 5) is 23.2. The van der Waals surface area contributed by atoms with Crippen LogP contribution in [0.1, 0.15) is 28.4 Å². The minimum atomic E-state index is -4.46. The molecule has 0 bridgehead atoms. The van der Waals surface area contributed by atoms with Crippen molar-refractivity contribution in [1.82, 2.24) is 0 Å². The first-order chi connectivity index (χ1) is 12.3. The van der Waals surface area contributed by atoms with Gasteiger partial charge in [-0.05, 0) is 55.0 Å². The molecule has 2 aromatic carbocycles. The number of rotatable bonds is 5. The molecule has 0 spiro atoms. The zero-order chi connectivity index (χ0) is 19.2. The SMILES string of the molecule is CCOC(=O)C=Cc1ccc(OC(=O)c2ccc(C(F)(F)F)cc2)cc1. The third kappa shape index (κ3) is 5.47. The van der Waals surface area contributed by atoms with Crippen molar-refractivity contribution in [2.75, 3.05) is 6.61 Å². The number of carbonyl (C=O) groups is 2. The van der Waals surface area contributed by atoms with Crippen molar-refractivity contribution in [3.05, 3.63) is 71.3 Å². The highest BCUT2D eigenvalue weighted by Gasteiger charge is 2.30. The molecule has 0 amide bonds. The van der Waals surface area contributed by atoms with Crippen molar-refractivity contribution in [1.29, 1.82) is 0 Å². The molecule has 0 fully saturated rings. The molecule has 26 heavy (non-hydrogen) atoms. The van der Waals surface area contributed by atoms with E-state index in [1.54, 1.807) is 25.1 Å². The van der Waals surface area contributed by atoms with Crippen molar-refractivity contribution < 1.29 is 32.2 Å². The number of hydrogen-bond acceptors (Lipinski definition) is 4. The summed E-state index contributed by atoms with van der Waals surface area (Å²) in [5.41, 5.74) is -0.150. The third-order valence-corrected chi connectivity index (χ3v) is 3.24. The monoisotopic (exact) mass is 364 g/mol. The van der Waals surface area contributed by atoms with E-state index in [-0.39, 0.29) is 17.9 Å². The zero-order valence-electron chi connectivity index (χ0n) is 13.7. The topological polar surface area (TPSA) is 52.6 Å². The second-order valence-electron chi connectivity index (χ2n) is 5.12. The van der Waals surface area contributed by atoms with Gasteiger partial charge in [0.2, 0.25) is 0 Å². The highest BCUT2D eigenvalue weighted by atomic mass is 19.4. The summed E-state index contributed by atoms with van der Waals surface area (Å²) in [6.07, 6.45) is -1.65. The van der Waals surface area contributed by atoms with Gasteiger partial charge in [0, 0.05) is 6.08 Å². The number of alkyl halides is 3. The van der Waals surface area contributed by atoms with Crippen molar-refractivity contribution >= 4 is 18.0 Å². The van der Waals surface area contributed by atoms with Gasteiger partial charge in [-0.25, -0.2) is 9.59 Å². The minimum absolute atomic E-state index is 0.00397. The van der Waals surface area contributed by atoms with Crippen LogP contribution in [0.25, 0.3) is 6.08 Å². The van der Waals surface area contributed by atoms with E-state index in [1.807, 2.05) is 0 Å². The molecular formula is C19H15F3O4. The Morgan fingerprint density at radius 2 is 1.62 bits per heavy atom. The summed E-state index contributed by atoms with van der Waals surface area (Å²) < 4.78 is 47.4. The molecule has 4 nitrogen and oxygen atoms in total. The molecule has 0 aromatic heterocycles. The third-order valence-electron chi connectivity index (χ3n) is 3.24. The van der Waals surface area contributed by atoms with Gasteiger partial charge in [0.05, 0.1) is 17.7 Å². The van der Waals surface area contributed by atoms with Crippen LogP contribution in [0.3, 0.4) is 0 Å². The molecule has 0 unspecified atom stereocenters. The van der Waals surface area contributed by atoms with Crippen LogP contribution < -0.4 is 4.74 Å². The van der Waals surface area contributed by atoms with Gasteiger partial charge >= 0.3 is 18.1 Å². The maximum Gasteiger partial charge on any atom is 0.416 e. The lowest BCUT2D eigenvalue weighted by molar-refractivity contribution is -0.138. The molecule has 0 saturated heterocycles. The maximum atomic E-state index is 12.5. The van der Waals surface area contributed by atoms with Crippen LogP contribution in [0, 0.1) is 0 Å². The molecule has 2 rings (SSSR count). The molecule has 7 heteroatoms. The van der Waals surface area contributed by atoms with Crippen LogP contribution in [-0.2, 0) is 15.7 Å². The van der Waals surface area contributed by atoms with E-state index in [9.17, 15) is 22.8 Å². The van der Waals surface area contributed by atoms with Gasteiger partial charge in [-0.2, -0.15) is 13.2 Å². The second-order valence-corrected chi connectivity index (χ2v) is 5.12. The molecule has 0 atom stereocenters. The molecule has 0 saturated carbocycles. The molecule has 0 N–H and O–H groups in total. The average molecular weight is 364 g/mol. The molecule has 0 radical (unpaired) electrons. The van der Waals surface area contributed by atoms with E-state index in [0.717, 1.165) is 24.3 Å². The number of benzene rings is 2. The Hall–Kier alpha value is -3.09. The van der Waals surface area contributed by atoms with Crippen LogP contribution in [0.15, 0.2) is 54.6 Å². The second kappa shape index (κ2) is 8.33. The largest absolute Gasteiger partial charge is 0.463 e. The molecular weight excluding hydrogens is 349 g/mol. The van der Waals surface area contributed by atoms with E-state index in [0.29, 0.717) is 5.56 Å². The van der Waals surface area contributed by atoms with Gasteiger partial charge in [0.15, 0.2) is 0 Å². The lowest BCUT2D eigenvalue weighted by Gasteiger charge is -2.08. The maximum absolute atomic E-state index is 12.5. The van der Waals surface area contributed by atoms with Gasteiger partial charge < -0.3 is 9.47 Å². The molecule has 0 aliphatic carbocycles. The fourth-order valence-corrected chi connectivity index (χ4v) is 1.96. The molecule has 2 aromatic rings. The Labute approximate surface area is 147 Å². The van der Waals surface area contributed by atoms with Crippen LogP contribution in [0.4, 0.5) is 13.2 Å². The van der Waals surface area contributed by atoms with Crippen molar-refractivity contribution in [3.8, 4) is 5.75 Å². The van der Waals surface area contributed by atoms with Gasteiger partial charge in [-0.15, -0.1) is 0 Å². The number of hydrogen-bond donors (Lipinski definition) is 0. The van der Waals surface area contributed by atoms with Crippen molar-refractivity contribution in [2.45, 2.75) is 13.1 Å². The quantitative estimate of drug-likeness (QED) is 0.445. The van der Waals surface area contributed by atoms with E-state index in [2.05, 4.69) is 0 Å². The number of halogens is 3. The fourth-order valence-electron chi connectivity index (χ4n) is 1.96. The van der Waals surface area contributed by atoms with Crippen LogP contribution >= 0.6 is 0 Å². The lowest BCUT2D eigenvalue weighted by Crippen LogP contribution is -2.10. The van der Waals surface area contributed by atoms with Gasteiger partial charge in [-0.3, -0.25) is 0 Å². The Balaban J connectivity index is 2.00. The van der Waals surface area contributed by atoms with Crippen LogP contribution in [0.5, 0.6) is 5.75 Å². The van der Waals surface area contributed by atoms with E-state index in [4.69, 9.17) is 9.47 Å². The highest BCUT2D eigenvalue weighted by molar-refractivity contribution is 5.91. The van der Waals surface area contributed by atoms with Gasteiger partial charge in [0.1, 0.15) is 5.75 Å². The molecule has 0 aliphatic rings.